The third kappa shape index (κ3) is 3.93. The van der Waals surface area contributed by atoms with Gasteiger partial charge in [0.1, 0.15) is 5.76 Å². The van der Waals surface area contributed by atoms with Gasteiger partial charge in [-0.15, -0.1) is 0 Å². The van der Waals surface area contributed by atoms with Crippen molar-refractivity contribution in [2.75, 3.05) is 19.3 Å². The van der Waals surface area contributed by atoms with E-state index in [4.69, 9.17) is 16.0 Å². The molecule has 2 heterocycles. The SMILES string of the molecule is CSCc1ccc(C(=O)N2CCCC(c3ccc(Cl)cc3)C2)o1. The highest BCUT2D eigenvalue weighted by molar-refractivity contribution is 7.97. The maximum absolute atomic E-state index is 12.7. The minimum absolute atomic E-state index is 0.00369. The quantitative estimate of drug-likeness (QED) is 0.793. The molecule has 0 spiro atoms. The number of furan rings is 1. The van der Waals surface area contributed by atoms with Crippen LogP contribution in [0.2, 0.25) is 5.02 Å². The molecule has 1 unspecified atom stereocenters. The number of likely N-dealkylation sites (tertiary alicyclic amines) is 1. The molecule has 122 valence electrons. The highest BCUT2D eigenvalue weighted by atomic mass is 35.5. The zero-order chi connectivity index (χ0) is 16.2. The molecule has 0 aliphatic carbocycles. The van der Waals surface area contributed by atoms with E-state index in [2.05, 4.69) is 12.1 Å². The second-order valence-corrected chi connectivity index (χ2v) is 7.14. The van der Waals surface area contributed by atoms with Crippen molar-refractivity contribution in [3.8, 4) is 0 Å². The fraction of sp³-hybridized carbons (Fsp3) is 0.389. The van der Waals surface area contributed by atoms with E-state index >= 15 is 0 Å². The zero-order valence-electron chi connectivity index (χ0n) is 13.1. The summed E-state index contributed by atoms with van der Waals surface area (Å²) in [5.41, 5.74) is 1.24. The van der Waals surface area contributed by atoms with Crippen molar-refractivity contribution < 1.29 is 9.21 Å². The topological polar surface area (TPSA) is 33.5 Å². The Labute approximate surface area is 146 Å². The van der Waals surface area contributed by atoms with Gasteiger partial charge in [0.05, 0.1) is 5.75 Å². The van der Waals surface area contributed by atoms with Gasteiger partial charge in [-0.2, -0.15) is 11.8 Å². The van der Waals surface area contributed by atoms with E-state index in [1.165, 1.54) is 5.56 Å². The first-order chi connectivity index (χ1) is 11.2. The number of amides is 1. The number of piperidine rings is 1. The Kier molecular flexibility index (Phi) is 5.34. The summed E-state index contributed by atoms with van der Waals surface area (Å²) in [4.78, 5) is 14.6. The Morgan fingerprint density at radius 3 is 2.83 bits per heavy atom. The molecule has 1 aromatic heterocycles. The molecule has 1 aliphatic rings. The lowest BCUT2D eigenvalue weighted by molar-refractivity contribution is 0.0673. The van der Waals surface area contributed by atoms with Crippen LogP contribution in [0.25, 0.3) is 0 Å². The molecule has 3 rings (SSSR count). The summed E-state index contributed by atoms with van der Waals surface area (Å²) in [5.74, 6) is 2.46. The predicted octanol–water partition coefficient (Wildman–Crippen LogP) is 4.82. The Bertz CT molecular complexity index is 668. The van der Waals surface area contributed by atoms with Gasteiger partial charge < -0.3 is 9.32 Å². The summed E-state index contributed by atoms with van der Waals surface area (Å²) < 4.78 is 5.67. The van der Waals surface area contributed by atoms with Crippen molar-refractivity contribution in [2.45, 2.75) is 24.5 Å². The smallest absolute Gasteiger partial charge is 0.289 e. The summed E-state index contributed by atoms with van der Waals surface area (Å²) in [6, 6.07) is 11.6. The van der Waals surface area contributed by atoms with Crippen molar-refractivity contribution in [3.05, 3.63) is 58.5 Å². The van der Waals surface area contributed by atoms with Crippen molar-refractivity contribution in [2.24, 2.45) is 0 Å². The lowest BCUT2D eigenvalue weighted by Crippen LogP contribution is -2.38. The Morgan fingerprint density at radius 2 is 2.09 bits per heavy atom. The second-order valence-electron chi connectivity index (χ2n) is 5.84. The molecule has 1 saturated heterocycles. The maximum Gasteiger partial charge on any atom is 0.289 e. The lowest BCUT2D eigenvalue weighted by Gasteiger charge is -2.32. The standard InChI is InChI=1S/C18H20ClNO2S/c1-23-12-16-8-9-17(22-16)18(21)20-10-2-3-14(11-20)13-4-6-15(19)7-5-13/h4-9,14H,2-3,10-12H2,1H3. The third-order valence-electron chi connectivity index (χ3n) is 4.21. The van der Waals surface area contributed by atoms with Crippen LogP contribution in [0.4, 0.5) is 0 Å². The molecule has 1 aromatic carbocycles. The second kappa shape index (κ2) is 7.45. The maximum atomic E-state index is 12.7. The number of carbonyl (C=O) groups excluding carboxylic acids is 1. The molecule has 3 nitrogen and oxygen atoms in total. The minimum Gasteiger partial charge on any atom is -0.455 e. The lowest BCUT2D eigenvalue weighted by atomic mass is 9.90. The van der Waals surface area contributed by atoms with Gasteiger partial charge >= 0.3 is 0 Å². The number of halogens is 1. The first-order valence-electron chi connectivity index (χ1n) is 7.80. The molecule has 1 fully saturated rings. The molecule has 5 heteroatoms. The molecule has 23 heavy (non-hydrogen) atoms. The van der Waals surface area contributed by atoms with Crippen LogP contribution in [0.1, 0.15) is 40.6 Å². The van der Waals surface area contributed by atoms with E-state index in [1.54, 1.807) is 17.8 Å². The average Bonchev–Trinajstić information content (AvgIpc) is 3.04. The first-order valence-corrected chi connectivity index (χ1v) is 9.57. The summed E-state index contributed by atoms with van der Waals surface area (Å²) >= 11 is 7.64. The van der Waals surface area contributed by atoms with Gasteiger partial charge in [0.15, 0.2) is 5.76 Å². The summed E-state index contributed by atoms with van der Waals surface area (Å²) in [5, 5.41) is 0.745. The van der Waals surface area contributed by atoms with Crippen molar-refractivity contribution in [1.29, 1.82) is 0 Å². The molecule has 0 bridgehead atoms. The number of benzene rings is 1. The van der Waals surface area contributed by atoms with Crippen LogP contribution in [0.5, 0.6) is 0 Å². The van der Waals surface area contributed by atoms with Crippen LogP contribution in [-0.4, -0.2) is 30.2 Å². The number of hydrogen-bond acceptors (Lipinski definition) is 3. The molecule has 2 aromatic rings. The van der Waals surface area contributed by atoms with E-state index in [9.17, 15) is 4.79 Å². The van der Waals surface area contributed by atoms with E-state index < -0.39 is 0 Å². The minimum atomic E-state index is -0.00369. The molecular formula is C18H20ClNO2S. The predicted molar refractivity (Wildman–Crippen MR) is 95.3 cm³/mol. The average molecular weight is 350 g/mol. The molecule has 0 saturated carbocycles. The number of nitrogens with zero attached hydrogens (tertiary/aromatic N) is 1. The third-order valence-corrected chi connectivity index (χ3v) is 5.03. The number of carbonyl (C=O) groups is 1. The van der Waals surface area contributed by atoms with E-state index in [-0.39, 0.29) is 5.91 Å². The molecule has 1 aliphatic heterocycles. The van der Waals surface area contributed by atoms with Crippen LogP contribution >= 0.6 is 23.4 Å². The van der Waals surface area contributed by atoms with E-state index in [0.717, 1.165) is 42.5 Å². The fourth-order valence-corrected chi connectivity index (χ4v) is 3.60. The monoisotopic (exact) mass is 349 g/mol. The van der Waals surface area contributed by atoms with Crippen LogP contribution in [0.15, 0.2) is 40.8 Å². The van der Waals surface area contributed by atoms with Crippen LogP contribution in [0, 0.1) is 0 Å². The van der Waals surface area contributed by atoms with Crippen LogP contribution < -0.4 is 0 Å². The number of rotatable bonds is 4. The van der Waals surface area contributed by atoms with Crippen molar-refractivity contribution >= 4 is 29.3 Å². The first kappa shape index (κ1) is 16.5. The molecule has 0 N–H and O–H groups in total. The van der Waals surface area contributed by atoms with Crippen LogP contribution in [0.3, 0.4) is 0 Å². The van der Waals surface area contributed by atoms with Crippen molar-refractivity contribution in [1.82, 2.24) is 4.90 Å². The fourth-order valence-electron chi connectivity index (χ4n) is 3.04. The van der Waals surface area contributed by atoms with Crippen LogP contribution in [-0.2, 0) is 5.75 Å². The molecule has 1 atom stereocenters. The van der Waals surface area contributed by atoms with Crippen molar-refractivity contribution in [3.63, 3.8) is 0 Å². The van der Waals surface area contributed by atoms with Gasteiger partial charge in [0.25, 0.3) is 5.91 Å². The largest absolute Gasteiger partial charge is 0.455 e. The highest BCUT2D eigenvalue weighted by Gasteiger charge is 2.27. The van der Waals surface area contributed by atoms with Gasteiger partial charge in [-0.1, -0.05) is 23.7 Å². The number of hydrogen-bond donors (Lipinski definition) is 0. The summed E-state index contributed by atoms with van der Waals surface area (Å²) in [7, 11) is 0. The zero-order valence-corrected chi connectivity index (χ0v) is 14.7. The number of thioether (sulfide) groups is 1. The van der Waals surface area contributed by atoms with Gasteiger partial charge in [-0.05, 0) is 48.9 Å². The van der Waals surface area contributed by atoms with Gasteiger partial charge in [0, 0.05) is 24.0 Å². The summed E-state index contributed by atoms with van der Waals surface area (Å²) in [6.45, 7) is 1.53. The van der Waals surface area contributed by atoms with Gasteiger partial charge in [0.2, 0.25) is 0 Å². The van der Waals surface area contributed by atoms with E-state index in [1.807, 2.05) is 29.4 Å². The van der Waals surface area contributed by atoms with Gasteiger partial charge in [-0.3, -0.25) is 4.79 Å². The Morgan fingerprint density at radius 1 is 1.30 bits per heavy atom. The summed E-state index contributed by atoms with van der Waals surface area (Å²) in [6.07, 6.45) is 4.13. The Balaban J connectivity index is 1.69. The highest BCUT2D eigenvalue weighted by Crippen LogP contribution is 2.29. The molecular weight excluding hydrogens is 330 g/mol. The van der Waals surface area contributed by atoms with Gasteiger partial charge in [-0.25, -0.2) is 0 Å². The molecule has 1 amide bonds. The Hall–Kier alpha value is -1.39. The molecule has 0 radical (unpaired) electrons. The normalized spacial score (nSPS) is 18.2. The van der Waals surface area contributed by atoms with E-state index in [0.29, 0.717) is 11.7 Å².